The lowest BCUT2D eigenvalue weighted by Gasteiger charge is -2.05. The number of nitrogens with one attached hydrogen (secondary N) is 1. The molecule has 0 aliphatic rings. The van der Waals surface area contributed by atoms with Crippen LogP contribution in [-0.4, -0.2) is 5.91 Å². The lowest BCUT2D eigenvalue weighted by Crippen LogP contribution is -2.22. The highest BCUT2D eigenvalue weighted by atomic mass is 79.9. The Hall–Kier alpha value is -1.27. The second-order valence-corrected chi connectivity index (χ2v) is 6.36. The molecule has 0 spiro atoms. The van der Waals surface area contributed by atoms with Gasteiger partial charge in [0.2, 0.25) is 0 Å². The minimum absolute atomic E-state index is 0.0273. The van der Waals surface area contributed by atoms with E-state index in [4.69, 9.17) is 0 Å². The van der Waals surface area contributed by atoms with Crippen molar-refractivity contribution in [3.63, 3.8) is 0 Å². The Morgan fingerprint density at radius 2 is 2.11 bits per heavy atom. The van der Waals surface area contributed by atoms with E-state index in [2.05, 4.69) is 21.2 Å². The number of rotatable bonds is 3. The minimum Gasteiger partial charge on any atom is -0.347 e. The third-order valence-corrected chi connectivity index (χ3v) is 4.67. The molecule has 0 bridgehead atoms. The second-order valence-electron chi connectivity index (χ2n) is 3.99. The molecule has 1 aromatic carbocycles. The molecule has 1 aromatic heterocycles. The SMILES string of the molecule is Cc1cc(C(=O)NCc2ccc(F)cc2F)sc1Br. The minimum atomic E-state index is -0.663. The molecule has 1 N–H and O–H groups in total. The van der Waals surface area contributed by atoms with Gasteiger partial charge < -0.3 is 5.32 Å². The van der Waals surface area contributed by atoms with Crippen LogP contribution in [0.1, 0.15) is 20.8 Å². The molecule has 0 saturated carbocycles. The van der Waals surface area contributed by atoms with E-state index >= 15 is 0 Å². The van der Waals surface area contributed by atoms with Crippen molar-refractivity contribution in [3.8, 4) is 0 Å². The first kappa shape index (κ1) is 14.1. The second kappa shape index (κ2) is 5.79. The van der Waals surface area contributed by atoms with Gasteiger partial charge in [0.1, 0.15) is 11.6 Å². The summed E-state index contributed by atoms with van der Waals surface area (Å²) in [5.74, 6) is -1.57. The van der Waals surface area contributed by atoms with Crippen molar-refractivity contribution in [2.45, 2.75) is 13.5 Å². The first-order chi connectivity index (χ1) is 8.97. The maximum Gasteiger partial charge on any atom is 0.261 e. The van der Waals surface area contributed by atoms with Crippen molar-refractivity contribution >= 4 is 33.2 Å². The molecule has 6 heteroatoms. The molecule has 0 aliphatic carbocycles. The normalized spacial score (nSPS) is 10.5. The zero-order valence-electron chi connectivity index (χ0n) is 9.97. The molecule has 2 aromatic rings. The summed E-state index contributed by atoms with van der Waals surface area (Å²) >= 11 is 4.65. The van der Waals surface area contributed by atoms with Gasteiger partial charge in [-0.15, -0.1) is 11.3 Å². The van der Waals surface area contributed by atoms with Crippen molar-refractivity contribution in [1.29, 1.82) is 0 Å². The Bertz CT molecular complexity index is 608. The number of aryl methyl sites for hydroxylation is 1. The van der Waals surface area contributed by atoms with E-state index in [0.717, 1.165) is 21.5 Å². The van der Waals surface area contributed by atoms with Crippen molar-refractivity contribution in [3.05, 3.63) is 55.7 Å². The van der Waals surface area contributed by atoms with Crippen LogP contribution in [0.5, 0.6) is 0 Å². The summed E-state index contributed by atoms with van der Waals surface area (Å²) in [5.41, 5.74) is 1.23. The molecule has 0 saturated heterocycles. The Balaban J connectivity index is 2.04. The third kappa shape index (κ3) is 3.39. The van der Waals surface area contributed by atoms with Crippen LogP contribution in [0.3, 0.4) is 0 Å². The van der Waals surface area contributed by atoms with Crippen molar-refractivity contribution in [2.75, 3.05) is 0 Å². The largest absolute Gasteiger partial charge is 0.347 e. The molecule has 1 amide bonds. The van der Waals surface area contributed by atoms with Crippen LogP contribution in [0.4, 0.5) is 8.78 Å². The van der Waals surface area contributed by atoms with Crippen LogP contribution >= 0.6 is 27.3 Å². The number of hydrogen-bond acceptors (Lipinski definition) is 2. The molecule has 0 fully saturated rings. The Labute approximate surface area is 121 Å². The van der Waals surface area contributed by atoms with Gasteiger partial charge in [-0.3, -0.25) is 4.79 Å². The number of hydrogen-bond donors (Lipinski definition) is 1. The molecule has 1 heterocycles. The molecule has 2 rings (SSSR count). The molecule has 0 radical (unpaired) electrons. The first-order valence-electron chi connectivity index (χ1n) is 5.45. The van der Waals surface area contributed by atoms with Gasteiger partial charge in [0.15, 0.2) is 0 Å². The summed E-state index contributed by atoms with van der Waals surface area (Å²) in [5, 5.41) is 2.60. The summed E-state index contributed by atoms with van der Waals surface area (Å²) in [7, 11) is 0. The number of halogens is 3. The van der Waals surface area contributed by atoms with Crippen LogP contribution in [0.15, 0.2) is 28.1 Å². The van der Waals surface area contributed by atoms with Crippen molar-refractivity contribution in [1.82, 2.24) is 5.32 Å². The van der Waals surface area contributed by atoms with E-state index in [1.165, 1.54) is 17.4 Å². The molecule has 0 unspecified atom stereocenters. The highest BCUT2D eigenvalue weighted by molar-refractivity contribution is 9.11. The van der Waals surface area contributed by atoms with E-state index in [0.29, 0.717) is 4.88 Å². The smallest absolute Gasteiger partial charge is 0.261 e. The van der Waals surface area contributed by atoms with E-state index in [-0.39, 0.29) is 18.0 Å². The molecule has 19 heavy (non-hydrogen) atoms. The zero-order chi connectivity index (χ0) is 14.0. The van der Waals surface area contributed by atoms with Crippen LogP contribution in [0, 0.1) is 18.6 Å². The van der Waals surface area contributed by atoms with Gasteiger partial charge in [0.05, 0.1) is 8.66 Å². The Morgan fingerprint density at radius 3 is 2.68 bits per heavy atom. The van der Waals surface area contributed by atoms with Crippen LogP contribution in [0.2, 0.25) is 0 Å². The summed E-state index contributed by atoms with van der Waals surface area (Å²) in [4.78, 5) is 12.4. The molecule has 2 nitrogen and oxygen atoms in total. The van der Waals surface area contributed by atoms with Gasteiger partial charge in [0.25, 0.3) is 5.91 Å². The van der Waals surface area contributed by atoms with E-state index in [1.807, 2.05) is 6.92 Å². The van der Waals surface area contributed by atoms with Crippen molar-refractivity contribution in [2.24, 2.45) is 0 Å². The fourth-order valence-electron chi connectivity index (χ4n) is 1.50. The van der Waals surface area contributed by atoms with Gasteiger partial charge in [-0.1, -0.05) is 6.07 Å². The van der Waals surface area contributed by atoms with Crippen molar-refractivity contribution < 1.29 is 13.6 Å². The number of thiophene rings is 1. The van der Waals surface area contributed by atoms with Crippen LogP contribution in [-0.2, 0) is 6.54 Å². The molecule has 0 atom stereocenters. The number of carbonyl (C=O) groups is 1. The van der Waals surface area contributed by atoms with E-state index in [1.54, 1.807) is 6.07 Å². The summed E-state index contributed by atoms with van der Waals surface area (Å²) in [6.07, 6.45) is 0. The topological polar surface area (TPSA) is 29.1 Å². The lowest BCUT2D eigenvalue weighted by atomic mass is 10.2. The molecular weight excluding hydrogens is 336 g/mol. The summed E-state index contributed by atoms with van der Waals surface area (Å²) in [6.45, 7) is 1.91. The van der Waals surface area contributed by atoms with Gasteiger partial charge in [0, 0.05) is 18.2 Å². The monoisotopic (exact) mass is 345 g/mol. The number of benzene rings is 1. The molecule has 100 valence electrons. The van der Waals surface area contributed by atoms with E-state index in [9.17, 15) is 13.6 Å². The average Bonchev–Trinajstić information content (AvgIpc) is 2.68. The highest BCUT2D eigenvalue weighted by Gasteiger charge is 2.12. The van der Waals surface area contributed by atoms with E-state index < -0.39 is 11.6 Å². The van der Waals surface area contributed by atoms with Crippen LogP contribution in [0.25, 0.3) is 0 Å². The molecule has 0 aliphatic heterocycles. The highest BCUT2D eigenvalue weighted by Crippen LogP contribution is 2.27. The average molecular weight is 346 g/mol. The van der Waals surface area contributed by atoms with Gasteiger partial charge >= 0.3 is 0 Å². The molecular formula is C13H10BrF2NOS. The Morgan fingerprint density at radius 1 is 1.37 bits per heavy atom. The number of amides is 1. The van der Waals surface area contributed by atoms with Gasteiger partial charge in [-0.05, 0) is 40.5 Å². The lowest BCUT2D eigenvalue weighted by molar-refractivity contribution is 0.0954. The summed E-state index contributed by atoms with van der Waals surface area (Å²) in [6, 6.07) is 5.04. The zero-order valence-corrected chi connectivity index (χ0v) is 12.4. The van der Waals surface area contributed by atoms with Gasteiger partial charge in [-0.25, -0.2) is 8.78 Å². The third-order valence-electron chi connectivity index (χ3n) is 2.54. The quantitative estimate of drug-likeness (QED) is 0.893. The maximum absolute atomic E-state index is 13.4. The maximum atomic E-state index is 13.4. The van der Waals surface area contributed by atoms with Crippen LogP contribution < -0.4 is 5.32 Å². The predicted octanol–water partition coefficient (Wildman–Crippen LogP) is 4.03. The standard InChI is InChI=1S/C13H10BrF2NOS/c1-7-4-11(19-12(7)14)13(18)17-6-8-2-3-9(15)5-10(8)16/h2-5H,6H2,1H3,(H,17,18). The van der Waals surface area contributed by atoms with Gasteiger partial charge in [-0.2, -0.15) is 0 Å². The fraction of sp³-hybridized carbons (Fsp3) is 0.154. The number of carbonyl (C=O) groups excluding carboxylic acids is 1. The summed E-state index contributed by atoms with van der Waals surface area (Å²) < 4.78 is 27.0. The predicted molar refractivity (Wildman–Crippen MR) is 74.3 cm³/mol. The Kier molecular flexibility index (Phi) is 4.31. The fourth-order valence-corrected chi connectivity index (χ4v) is 2.95. The first-order valence-corrected chi connectivity index (χ1v) is 7.06.